The normalized spacial score (nSPS) is 12.8. The van der Waals surface area contributed by atoms with Crippen molar-refractivity contribution in [3.8, 4) is 0 Å². The van der Waals surface area contributed by atoms with Gasteiger partial charge in [0.25, 0.3) is 11.8 Å². The Hall–Kier alpha value is -2.21. The minimum absolute atomic E-state index is 0.334. The zero-order valence-corrected chi connectivity index (χ0v) is 21.2. The van der Waals surface area contributed by atoms with E-state index in [9.17, 15) is 9.59 Å². The molecule has 0 unspecified atom stereocenters. The average Bonchev–Trinajstić information content (AvgIpc) is 3.12. The molecule has 164 valence electrons. The first kappa shape index (κ1) is 23.0. The highest BCUT2D eigenvalue weighted by Crippen LogP contribution is 2.37. The Kier molecular flexibility index (Phi) is 6.99. The molecule has 3 aromatic rings. The third kappa shape index (κ3) is 4.75. The van der Waals surface area contributed by atoms with Crippen LogP contribution >= 0.6 is 57.7 Å². The second kappa shape index (κ2) is 9.74. The predicted molar refractivity (Wildman–Crippen MR) is 142 cm³/mol. The number of primary amides is 1. The molecule has 0 bridgehead atoms. The van der Waals surface area contributed by atoms with E-state index in [0.717, 1.165) is 19.7 Å². The van der Waals surface area contributed by atoms with E-state index in [1.54, 1.807) is 24.3 Å². The second-order valence-electron chi connectivity index (χ2n) is 7.09. The lowest BCUT2D eigenvalue weighted by Crippen LogP contribution is -2.38. The van der Waals surface area contributed by atoms with Gasteiger partial charge in [0.1, 0.15) is 5.00 Å². The molecule has 1 aromatic heterocycles. The summed E-state index contributed by atoms with van der Waals surface area (Å²) in [4.78, 5) is 28.0. The molecule has 4 rings (SSSR count). The summed E-state index contributed by atoms with van der Waals surface area (Å²) in [5.41, 5.74) is 8.19. The third-order valence-corrected chi connectivity index (χ3v) is 7.81. The number of nitrogens with one attached hydrogen (secondary N) is 2. The van der Waals surface area contributed by atoms with Crippen LogP contribution in [0.15, 0.2) is 48.5 Å². The van der Waals surface area contributed by atoms with Crippen molar-refractivity contribution in [1.29, 1.82) is 0 Å². The molecule has 1 aliphatic rings. The van der Waals surface area contributed by atoms with E-state index in [4.69, 9.17) is 29.6 Å². The van der Waals surface area contributed by atoms with Crippen LogP contribution in [0.3, 0.4) is 0 Å². The largest absolute Gasteiger partial charge is 0.365 e. The zero-order chi connectivity index (χ0) is 22.8. The van der Waals surface area contributed by atoms with Gasteiger partial charge in [-0.05, 0) is 71.1 Å². The molecular weight excluding hydrogens is 579 g/mol. The van der Waals surface area contributed by atoms with Crippen molar-refractivity contribution in [3.05, 3.63) is 78.7 Å². The van der Waals surface area contributed by atoms with Crippen molar-refractivity contribution in [2.75, 3.05) is 17.2 Å². The summed E-state index contributed by atoms with van der Waals surface area (Å²) in [7, 11) is 0. The summed E-state index contributed by atoms with van der Waals surface area (Å²) in [6.45, 7) is 1.16. The maximum absolute atomic E-state index is 12.7. The molecule has 0 fully saturated rings. The van der Waals surface area contributed by atoms with Crippen LogP contribution in [0, 0.1) is 3.57 Å². The van der Waals surface area contributed by atoms with Crippen LogP contribution in [0.1, 0.15) is 31.2 Å². The van der Waals surface area contributed by atoms with Gasteiger partial charge < -0.3 is 21.3 Å². The summed E-state index contributed by atoms with van der Waals surface area (Å²) in [5, 5.41) is 7.50. The Balaban J connectivity index is 1.56. The van der Waals surface area contributed by atoms with Crippen molar-refractivity contribution >= 4 is 85.4 Å². The van der Waals surface area contributed by atoms with Gasteiger partial charge in [-0.15, -0.1) is 11.3 Å². The Morgan fingerprint density at radius 3 is 2.56 bits per heavy atom. The molecule has 32 heavy (non-hydrogen) atoms. The van der Waals surface area contributed by atoms with Crippen LogP contribution in [0.25, 0.3) is 0 Å². The highest BCUT2D eigenvalue weighted by atomic mass is 127. The topological polar surface area (TPSA) is 87.5 Å². The number of thiophene rings is 1. The van der Waals surface area contributed by atoms with Crippen molar-refractivity contribution in [1.82, 2.24) is 4.90 Å². The van der Waals surface area contributed by atoms with Gasteiger partial charge in [-0.25, -0.2) is 0 Å². The molecule has 0 spiro atoms. The van der Waals surface area contributed by atoms with Crippen LogP contribution in [0.5, 0.6) is 0 Å². The number of nitrogens with zero attached hydrogens (tertiary/aromatic N) is 1. The number of thiocarbonyl (C=S) groups is 1. The fourth-order valence-electron chi connectivity index (χ4n) is 3.50. The van der Waals surface area contributed by atoms with Crippen LogP contribution in [-0.4, -0.2) is 28.4 Å². The van der Waals surface area contributed by atoms with Gasteiger partial charge >= 0.3 is 0 Å². The van der Waals surface area contributed by atoms with Gasteiger partial charge in [-0.2, -0.15) is 0 Å². The van der Waals surface area contributed by atoms with Crippen LogP contribution in [-0.2, 0) is 13.0 Å². The van der Waals surface area contributed by atoms with Gasteiger partial charge in [0.05, 0.1) is 28.4 Å². The van der Waals surface area contributed by atoms with Gasteiger partial charge in [-0.1, -0.05) is 35.9 Å². The van der Waals surface area contributed by atoms with Crippen molar-refractivity contribution < 1.29 is 9.59 Å². The number of carbonyl (C=O) groups is 2. The lowest BCUT2D eigenvalue weighted by Gasteiger charge is -2.30. The number of hydrogen-bond donors (Lipinski definition) is 3. The van der Waals surface area contributed by atoms with E-state index in [2.05, 4.69) is 33.2 Å². The van der Waals surface area contributed by atoms with Gasteiger partial charge in [0.2, 0.25) is 0 Å². The zero-order valence-electron chi connectivity index (χ0n) is 16.7. The fourth-order valence-corrected chi connectivity index (χ4v) is 5.77. The quantitative estimate of drug-likeness (QED) is 0.288. The Morgan fingerprint density at radius 2 is 1.84 bits per heavy atom. The van der Waals surface area contributed by atoms with Crippen molar-refractivity contribution in [2.24, 2.45) is 5.73 Å². The smallest absolute Gasteiger partial charge is 0.257 e. The van der Waals surface area contributed by atoms with E-state index >= 15 is 0 Å². The third-order valence-electron chi connectivity index (χ3n) is 5.05. The summed E-state index contributed by atoms with van der Waals surface area (Å²) < 4.78 is 1.07. The molecule has 0 aliphatic carbocycles. The Bertz CT molecular complexity index is 1230. The number of para-hydroxylation sites is 1. The van der Waals surface area contributed by atoms with Crippen molar-refractivity contribution in [3.63, 3.8) is 0 Å². The first-order chi connectivity index (χ1) is 15.3. The molecule has 2 aromatic carbocycles. The molecule has 0 saturated carbocycles. The molecule has 0 radical (unpaired) electrons. The van der Waals surface area contributed by atoms with Gasteiger partial charge in [0.15, 0.2) is 5.11 Å². The minimum Gasteiger partial charge on any atom is -0.365 e. The number of carbonyl (C=O) groups excluding carboxylic acids is 2. The molecule has 10 heteroatoms. The molecule has 1 aliphatic heterocycles. The SMILES string of the molecule is NC(=O)c1c(NC(=O)c2ccccc2Cl)sc2c1CCN(C(=S)Nc1ccccc1I)C2. The molecule has 0 atom stereocenters. The second-order valence-corrected chi connectivity index (χ2v) is 10.1. The summed E-state index contributed by atoms with van der Waals surface area (Å²) in [5.74, 6) is -0.950. The number of rotatable bonds is 4. The number of halogens is 2. The number of hydrogen-bond acceptors (Lipinski definition) is 4. The Morgan fingerprint density at radius 1 is 1.12 bits per heavy atom. The molecule has 2 amide bonds. The maximum atomic E-state index is 12.7. The van der Waals surface area contributed by atoms with Crippen LogP contribution < -0.4 is 16.4 Å². The summed E-state index contributed by atoms with van der Waals surface area (Å²) in [6.07, 6.45) is 0.597. The van der Waals surface area contributed by atoms with E-state index in [-0.39, 0.29) is 5.91 Å². The first-order valence-corrected chi connectivity index (χ1v) is 12.3. The Labute approximate surface area is 213 Å². The van der Waals surface area contributed by atoms with Crippen LogP contribution in [0.4, 0.5) is 10.7 Å². The molecule has 4 N–H and O–H groups in total. The standard InChI is InChI=1S/C22H18ClIN4O2S2/c23-14-6-2-1-5-12(14)20(30)27-21-18(19(25)29)13-9-10-28(11-17(13)32-21)22(31)26-16-8-4-3-7-15(16)24/h1-8H,9-11H2,(H2,25,29)(H,26,31)(H,27,30). The lowest BCUT2D eigenvalue weighted by atomic mass is 10.0. The monoisotopic (exact) mass is 596 g/mol. The average molecular weight is 597 g/mol. The summed E-state index contributed by atoms with van der Waals surface area (Å²) >= 11 is 15.4. The van der Waals surface area contributed by atoms with Crippen molar-refractivity contribution in [2.45, 2.75) is 13.0 Å². The lowest BCUT2D eigenvalue weighted by molar-refractivity contribution is 0.1000. The van der Waals surface area contributed by atoms with Gasteiger partial charge in [-0.3, -0.25) is 9.59 Å². The molecule has 2 heterocycles. The molecular formula is C22H18ClIN4O2S2. The van der Waals surface area contributed by atoms with E-state index < -0.39 is 5.91 Å². The van der Waals surface area contributed by atoms with Gasteiger partial charge in [0, 0.05) is 15.0 Å². The maximum Gasteiger partial charge on any atom is 0.257 e. The highest BCUT2D eigenvalue weighted by Gasteiger charge is 2.29. The highest BCUT2D eigenvalue weighted by molar-refractivity contribution is 14.1. The number of nitrogens with two attached hydrogens (primary N) is 1. The minimum atomic E-state index is -0.565. The van der Waals surface area contributed by atoms with E-state index in [1.807, 2.05) is 29.2 Å². The number of fused-ring (bicyclic) bond motifs is 1. The number of benzene rings is 2. The number of amides is 2. The molecule has 6 nitrogen and oxygen atoms in total. The molecule has 0 saturated heterocycles. The van der Waals surface area contributed by atoms with Crippen LogP contribution in [0.2, 0.25) is 5.02 Å². The predicted octanol–water partition coefficient (Wildman–Crippen LogP) is 5.11. The van der Waals surface area contributed by atoms with E-state index in [0.29, 0.717) is 45.8 Å². The first-order valence-electron chi connectivity index (χ1n) is 9.66. The fraction of sp³-hybridized carbons (Fsp3) is 0.136. The number of anilines is 2. The summed E-state index contributed by atoms with van der Waals surface area (Å²) in [6, 6.07) is 14.7. The van der Waals surface area contributed by atoms with E-state index in [1.165, 1.54) is 11.3 Å².